The van der Waals surface area contributed by atoms with E-state index in [0.717, 1.165) is 17.0 Å². The fraction of sp³-hybridized carbons (Fsp3) is 0.412. The maximum absolute atomic E-state index is 12.0. The Balaban J connectivity index is 1.91. The van der Waals surface area contributed by atoms with Gasteiger partial charge >= 0.3 is 6.03 Å². The molecule has 7 nitrogen and oxygen atoms in total. The number of aryl methyl sites for hydroxylation is 2. The van der Waals surface area contributed by atoms with Crippen LogP contribution in [-0.2, 0) is 6.54 Å². The summed E-state index contributed by atoms with van der Waals surface area (Å²) in [4.78, 5) is 28.7. The molecule has 130 valence electrons. The van der Waals surface area contributed by atoms with Gasteiger partial charge in [0.25, 0.3) is 5.56 Å². The highest BCUT2D eigenvalue weighted by Gasteiger charge is 2.17. The number of aromatic nitrogens is 1. The number of likely N-dealkylation sites (N-methyl/N-ethyl adjacent to an activating group) is 1. The number of nitrogens with zero attached hydrogens (tertiary/aromatic N) is 1. The number of pyridine rings is 1. The van der Waals surface area contributed by atoms with E-state index in [1.165, 1.54) is 0 Å². The fourth-order valence-electron chi connectivity index (χ4n) is 2.54. The monoisotopic (exact) mass is 332 g/mol. The molecule has 0 saturated carbocycles. The number of amides is 2. The van der Waals surface area contributed by atoms with Gasteiger partial charge in [-0.15, -0.1) is 0 Å². The summed E-state index contributed by atoms with van der Waals surface area (Å²) in [6, 6.07) is 5.19. The number of hydrogen-bond acceptors (Lipinski definition) is 4. The zero-order valence-corrected chi connectivity index (χ0v) is 14.5. The van der Waals surface area contributed by atoms with E-state index in [9.17, 15) is 9.59 Å². The van der Waals surface area contributed by atoms with Crippen LogP contribution in [0.3, 0.4) is 0 Å². The van der Waals surface area contributed by atoms with Crippen molar-refractivity contribution in [2.45, 2.75) is 26.4 Å². The van der Waals surface area contributed by atoms with Gasteiger partial charge in [0, 0.05) is 17.8 Å². The average molecular weight is 332 g/mol. The van der Waals surface area contributed by atoms with Crippen molar-refractivity contribution < 1.29 is 9.21 Å². The minimum Gasteiger partial charge on any atom is -0.468 e. The molecule has 2 heterocycles. The van der Waals surface area contributed by atoms with Gasteiger partial charge in [-0.25, -0.2) is 4.79 Å². The minimum absolute atomic E-state index is 0.0599. The minimum atomic E-state index is -0.326. The van der Waals surface area contributed by atoms with E-state index in [4.69, 9.17) is 4.42 Å². The molecule has 1 atom stereocenters. The highest BCUT2D eigenvalue weighted by Crippen LogP contribution is 2.17. The maximum atomic E-state index is 12.0. The van der Waals surface area contributed by atoms with Crippen molar-refractivity contribution in [3.05, 3.63) is 57.4 Å². The first-order valence-electron chi connectivity index (χ1n) is 7.79. The van der Waals surface area contributed by atoms with Gasteiger partial charge in [0.05, 0.1) is 18.8 Å². The topological polar surface area (TPSA) is 90.4 Å². The van der Waals surface area contributed by atoms with Gasteiger partial charge < -0.3 is 20.0 Å². The third-order valence-electron chi connectivity index (χ3n) is 3.87. The summed E-state index contributed by atoms with van der Waals surface area (Å²) in [6.45, 7) is 4.26. The summed E-state index contributed by atoms with van der Waals surface area (Å²) < 4.78 is 5.40. The van der Waals surface area contributed by atoms with Crippen molar-refractivity contribution in [2.24, 2.45) is 0 Å². The third-order valence-corrected chi connectivity index (χ3v) is 3.87. The average Bonchev–Trinajstić information content (AvgIpc) is 3.00. The Bertz CT molecular complexity index is 735. The Morgan fingerprint density at radius 3 is 2.67 bits per heavy atom. The Labute approximate surface area is 141 Å². The molecule has 0 saturated heterocycles. The van der Waals surface area contributed by atoms with Gasteiger partial charge in [0.1, 0.15) is 5.76 Å². The molecule has 0 fully saturated rings. The lowest BCUT2D eigenvalue weighted by Gasteiger charge is -2.22. The molecule has 0 aliphatic carbocycles. The molecule has 0 bridgehead atoms. The Kier molecular flexibility index (Phi) is 5.81. The van der Waals surface area contributed by atoms with Gasteiger partial charge in [-0.05, 0) is 51.7 Å². The van der Waals surface area contributed by atoms with Gasteiger partial charge in [0.2, 0.25) is 0 Å². The van der Waals surface area contributed by atoms with Gasteiger partial charge in [-0.2, -0.15) is 0 Å². The molecule has 2 amide bonds. The zero-order valence-electron chi connectivity index (χ0n) is 14.5. The molecule has 7 heteroatoms. The second-order valence-electron chi connectivity index (χ2n) is 6.00. The molecule has 0 radical (unpaired) electrons. The van der Waals surface area contributed by atoms with Crippen LogP contribution in [0.1, 0.15) is 28.6 Å². The second-order valence-corrected chi connectivity index (χ2v) is 6.00. The van der Waals surface area contributed by atoms with Crippen molar-refractivity contribution >= 4 is 6.03 Å². The standard InChI is InChI=1S/C17H24N4O3/c1-11-8-12(2)20-16(22)13(11)9-18-17(23)19-10-14(21(3)4)15-6-5-7-24-15/h5-8,14H,9-10H2,1-4H3,(H,20,22)(H2,18,19,23)/t14-/m0/s1. The van der Waals surface area contributed by atoms with Gasteiger partial charge in [-0.1, -0.05) is 0 Å². The molecule has 0 spiro atoms. The highest BCUT2D eigenvalue weighted by atomic mass is 16.3. The first kappa shape index (κ1) is 17.8. The summed E-state index contributed by atoms with van der Waals surface area (Å²) in [7, 11) is 3.84. The van der Waals surface area contributed by atoms with Crippen LogP contribution in [0, 0.1) is 13.8 Å². The number of carbonyl (C=O) groups excluding carboxylic acids is 1. The molecule has 0 aromatic carbocycles. The SMILES string of the molecule is Cc1cc(C)c(CNC(=O)NC[C@@H](c2ccco2)N(C)C)c(=O)[nH]1. The number of rotatable bonds is 6. The number of carbonyl (C=O) groups is 1. The van der Waals surface area contributed by atoms with Crippen LogP contribution in [0.4, 0.5) is 4.79 Å². The molecule has 2 rings (SSSR count). The van der Waals surface area contributed by atoms with Crippen LogP contribution in [0.2, 0.25) is 0 Å². The van der Waals surface area contributed by atoms with Gasteiger partial charge in [-0.3, -0.25) is 9.69 Å². The Hall–Kier alpha value is -2.54. The molecule has 0 aliphatic rings. The van der Waals surface area contributed by atoms with Crippen LogP contribution < -0.4 is 16.2 Å². The predicted octanol–water partition coefficient (Wildman–Crippen LogP) is 1.69. The molecule has 3 N–H and O–H groups in total. The van der Waals surface area contributed by atoms with E-state index >= 15 is 0 Å². The van der Waals surface area contributed by atoms with Crippen LogP contribution >= 0.6 is 0 Å². The van der Waals surface area contributed by atoms with E-state index in [-0.39, 0.29) is 24.2 Å². The van der Waals surface area contributed by atoms with Crippen LogP contribution in [-0.4, -0.2) is 36.6 Å². The first-order valence-corrected chi connectivity index (χ1v) is 7.79. The van der Waals surface area contributed by atoms with E-state index < -0.39 is 0 Å². The number of nitrogens with one attached hydrogen (secondary N) is 3. The lowest BCUT2D eigenvalue weighted by Crippen LogP contribution is -2.41. The lowest BCUT2D eigenvalue weighted by atomic mass is 10.1. The molecule has 0 aliphatic heterocycles. The van der Waals surface area contributed by atoms with Crippen molar-refractivity contribution in [3.63, 3.8) is 0 Å². The number of hydrogen-bond donors (Lipinski definition) is 3. The third kappa shape index (κ3) is 4.48. The predicted molar refractivity (Wildman–Crippen MR) is 91.9 cm³/mol. The summed E-state index contributed by atoms with van der Waals surface area (Å²) >= 11 is 0. The first-order chi connectivity index (χ1) is 11.4. The summed E-state index contributed by atoms with van der Waals surface area (Å²) in [6.07, 6.45) is 1.61. The molecule has 24 heavy (non-hydrogen) atoms. The largest absolute Gasteiger partial charge is 0.468 e. The summed E-state index contributed by atoms with van der Waals surface area (Å²) in [5.74, 6) is 0.783. The zero-order chi connectivity index (χ0) is 17.7. The van der Waals surface area contributed by atoms with E-state index in [2.05, 4.69) is 15.6 Å². The lowest BCUT2D eigenvalue weighted by molar-refractivity contribution is 0.225. The van der Waals surface area contributed by atoms with Crippen molar-refractivity contribution in [1.29, 1.82) is 0 Å². The van der Waals surface area contributed by atoms with Crippen molar-refractivity contribution in [1.82, 2.24) is 20.5 Å². The van der Waals surface area contributed by atoms with E-state index in [1.807, 2.05) is 51.0 Å². The van der Waals surface area contributed by atoms with E-state index in [1.54, 1.807) is 6.26 Å². The summed E-state index contributed by atoms with van der Waals surface area (Å²) in [5.41, 5.74) is 2.05. The number of urea groups is 1. The van der Waals surface area contributed by atoms with Crippen LogP contribution in [0.25, 0.3) is 0 Å². The summed E-state index contributed by atoms with van der Waals surface area (Å²) in [5, 5.41) is 5.53. The normalized spacial score (nSPS) is 12.2. The van der Waals surface area contributed by atoms with Gasteiger partial charge in [0.15, 0.2) is 0 Å². The molecular formula is C17H24N4O3. The Morgan fingerprint density at radius 2 is 2.08 bits per heavy atom. The molecular weight excluding hydrogens is 308 g/mol. The quantitative estimate of drug-likeness (QED) is 0.751. The number of H-pyrrole nitrogens is 1. The van der Waals surface area contributed by atoms with Crippen molar-refractivity contribution in [3.8, 4) is 0 Å². The van der Waals surface area contributed by atoms with E-state index in [0.29, 0.717) is 12.1 Å². The molecule has 2 aromatic heterocycles. The highest BCUT2D eigenvalue weighted by molar-refractivity contribution is 5.73. The van der Waals surface area contributed by atoms with Crippen molar-refractivity contribution in [2.75, 3.05) is 20.6 Å². The fourth-order valence-corrected chi connectivity index (χ4v) is 2.54. The van der Waals surface area contributed by atoms with Crippen LogP contribution in [0.15, 0.2) is 33.7 Å². The molecule has 2 aromatic rings. The van der Waals surface area contributed by atoms with Crippen LogP contribution in [0.5, 0.6) is 0 Å². The molecule has 0 unspecified atom stereocenters. The number of furan rings is 1. The second kappa shape index (κ2) is 7.83. The Morgan fingerprint density at radius 1 is 1.33 bits per heavy atom. The maximum Gasteiger partial charge on any atom is 0.315 e. The smallest absolute Gasteiger partial charge is 0.315 e. The number of aromatic amines is 1.